The zero-order valence-electron chi connectivity index (χ0n) is 12.4. The van der Waals surface area contributed by atoms with Gasteiger partial charge in [0.1, 0.15) is 5.60 Å². The lowest BCUT2D eigenvalue weighted by Gasteiger charge is -2.25. The number of hydrogen-bond acceptors (Lipinski definition) is 4. The Balaban J connectivity index is 1.71. The molecule has 6 heteroatoms. The fourth-order valence-electron chi connectivity index (χ4n) is 3.16. The monoisotopic (exact) mass is 308 g/mol. The van der Waals surface area contributed by atoms with Crippen molar-refractivity contribution in [2.75, 3.05) is 26.7 Å². The van der Waals surface area contributed by atoms with E-state index in [1.165, 1.54) is 11.3 Å². The van der Waals surface area contributed by atoms with Gasteiger partial charge in [-0.3, -0.25) is 4.79 Å². The second-order valence-corrected chi connectivity index (χ2v) is 6.90. The van der Waals surface area contributed by atoms with E-state index in [0.717, 1.165) is 36.2 Å². The van der Waals surface area contributed by atoms with E-state index in [-0.39, 0.29) is 12.0 Å². The highest BCUT2D eigenvalue weighted by molar-refractivity contribution is 7.12. The van der Waals surface area contributed by atoms with Gasteiger partial charge in [0.2, 0.25) is 0 Å². The predicted molar refractivity (Wildman–Crippen MR) is 80.7 cm³/mol. The van der Waals surface area contributed by atoms with Gasteiger partial charge in [0.15, 0.2) is 0 Å². The van der Waals surface area contributed by atoms with Gasteiger partial charge < -0.3 is 14.5 Å². The summed E-state index contributed by atoms with van der Waals surface area (Å²) in [6, 6.07) is 1.98. The van der Waals surface area contributed by atoms with Crippen molar-refractivity contribution < 1.29 is 14.3 Å². The normalized spacial score (nSPS) is 26.1. The number of likely N-dealkylation sites (tertiary alicyclic amines) is 1. The van der Waals surface area contributed by atoms with Crippen LogP contribution < -0.4 is 0 Å². The Bertz CT molecular complexity index is 571. The molecule has 0 radical (unpaired) electrons. The molecule has 5 nitrogen and oxygen atoms in total. The lowest BCUT2D eigenvalue weighted by Crippen LogP contribution is -2.36. The number of carbonyl (C=O) groups excluding carboxylic acids is 2. The number of carbonyl (C=O) groups is 2. The van der Waals surface area contributed by atoms with Crippen molar-refractivity contribution in [2.45, 2.75) is 31.8 Å². The third-order valence-corrected chi connectivity index (χ3v) is 5.39. The molecular formula is C15H20N2O3S. The summed E-state index contributed by atoms with van der Waals surface area (Å²) in [6.07, 6.45) is 2.18. The second-order valence-electron chi connectivity index (χ2n) is 5.99. The molecule has 0 aromatic carbocycles. The third kappa shape index (κ3) is 2.64. The molecule has 2 amide bonds. The van der Waals surface area contributed by atoms with Gasteiger partial charge in [-0.1, -0.05) is 0 Å². The number of nitrogens with zero attached hydrogens (tertiary/aromatic N) is 2. The fraction of sp³-hybridized carbons (Fsp3) is 0.600. The highest BCUT2D eigenvalue weighted by atomic mass is 32.1. The van der Waals surface area contributed by atoms with E-state index in [1.54, 1.807) is 11.9 Å². The Morgan fingerprint density at radius 3 is 2.81 bits per heavy atom. The summed E-state index contributed by atoms with van der Waals surface area (Å²) < 4.78 is 5.58. The van der Waals surface area contributed by atoms with Gasteiger partial charge in [-0.2, -0.15) is 0 Å². The Hall–Kier alpha value is -1.56. The molecule has 2 saturated heterocycles. The number of hydrogen-bond donors (Lipinski definition) is 0. The number of likely N-dealkylation sites (N-methyl/N-ethyl adjacent to an activating group) is 1. The smallest absolute Gasteiger partial charge is 0.410 e. The maximum Gasteiger partial charge on any atom is 0.410 e. The lowest BCUT2D eigenvalue weighted by atomic mass is 9.95. The molecule has 0 saturated carbocycles. The summed E-state index contributed by atoms with van der Waals surface area (Å²) in [6.45, 7) is 3.99. The summed E-state index contributed by atoms with van der Waals surface area (Å²) in [5.74, 6) is 0.109. The number of aryl methyl sites for hydroxylation is 1. The average Bonchev–Trinajstić information content (AvgIpc) is 2.90. The molecule has 1 unspecified atom stereocenters. The van der Waals surface area contributed by atoms with Gasteiger partial charge in [0.25, 0.3) is 5.91 Å². The summed E-state index contributed by atoms with van der Waals surface area (Å²) in [5, 5.41) is 1.95. The molecule has 114 valence electrons. The molecular weight excluding hydrogens is 288 g/mol. The van der Waals surface area contributed by atoms with Crippen LogP contribution in [0.25, 0.3) is 0 Å². The van der Waals surface area contributed by atoms with Crippen molar-refractivity contribution in [1.82, 2.24) is 9.80 Å². The van der Waals surface area contributed by atoms with Crippen molar-refractivity contribution in [3.8, 4) is 0 Å². The zero-order valence-corrected chi connectivity index (χ0v) is 13.2. The molecule has 2 aliphatic heterocycles. The van der Waals surface area contributed by atoms with Gasteiger partial charge in [-0.25, -0.2) is 4.79 Å². The van der Waals surface area contributed by atoms with Crippen molar-refractivity contribution in [3.05, 3.63) is 21.9 Å². The van der Waals surface area contributed by atoms with Crippen LogP contribution in [0.4, 0.5) is 4.79 Å². The van der Waals surface area contributed by atoms with Crippen LogP contribution in [0.1, 0.15) is 34.5 Å². The SMILES string of the molecule is Cc1ccsc1C(=O)N1CCCC2(CC1)CN(C)C(=O)O2. The first-order valence-electron chi connectivity index (χ1n) is 7.28. The minimum Gasteiger partial charge on any atom is -0.441 e. The molecule has 0 bridgehead atoms. The molecule has 1 atom stereocenters. The molecule has 2 fully saturated rings. The second kappa shape index (κ2) is 5.33. The average molecular weight is 308 g/mol. The van der Waals surface area contributed by atoms with Crippen molar-refractivity contribution >= 4 is 23.3 Å². The first kappa shape index (κ1) is 14.4. The number of thiophene rings is 1. The van der Waals surface area contributed by atoms with Crippen LogP contribution in [0.3, 0.4) is 0 Å². The highest BCUT2D eigenvalue weighted by Gasteiger charge is 2.44. The van der Waals surface area contributed by atoms with Crippen LogP contribution in [0.15, 0.2) is 11.4 Å². The maximum atomic E-state index is 12.6. The minimum absolute atomic E-state index is 0.109. The van der Waals surface area contributed by atoms with Crippen LogP contribution in [0.5, 0.6) is 0 Å². The molecule has 1 aromatic heterocycles. The first-order valence-corrected chi connectivity index (χ1v) is 8.16. The van der Waals surface area contributed by atoms with E-state index in [2.05, 4.69) is 0 Å². The van der Waals surface area contributed by atoms with Gasteiger partial charge in [0.05, 0.1) is 11.4 Å². The lowest BCUT2D eigenvalue weighted by molar-refractivity contribution is 0.0439. The van der Waals surface area contributed by atoms with Crippen molar-refractivity contribution in [2.24, 2.45) is 0 Å². The molecule has 1 aromatic rings. The zero-order chi connectivity index (χ0) is 15.0. The van der Waals surface area contributed by atoms with E-state index >= 15 is 0 Å². The van der Waals surface area contributed by atoms with E-state index in [4.69, 9.17) is 4.74 Å². The number of ether oxygens (including phenoxy) is 1. The van der Waals surface area contributed by atoms with Crippen molar-refractivity contribution in [1.29, 1.82) is 0 Å². The molecule has 3 heterocycles. The molecule has 0 N–H and O–H groups in total. The van der Waals surface area contributed by atoms with Gasteiger partial charge >= 0.3 is 6.09 Å². The first-order chi connectivity index (χ1) is 10.0. The summed E-state index contributed by atoms with van der Waals surface area (Å²) >= 11 is 1.50. The van der Waals surface area contributed by atoms with E-state index in [1.807, 2.05) is 23.3 Å². The van der Waals surface area contributed by atoms with Crippen LogP contribution in [-0.4, -0.2) is 54.1 Å². The Morgan fingerprint density at radius 2 is 2.19 bits per heavy atom. The summed E-state index contributed by atoms with van der Waals surface area (Å²) in [5.41, 5.74) is 0.640. The number of rotatable bonds is 1. The fourth-order valence-corrected chi connectivity index (χ4v) is 4.05. The van der Waals surface area contributed by atoms with Crippen LogP contribution in [-0.2, 0) is 4.74 Å². The topological polar surface area (TPSA) is 49.9 Å². The van der Waals surface area contributed by atoms with Crippen LogP contribution in [0, 0.1) is 6.92 Å². The quantitative estimate of drug-likeness (QED) is 0.801. The van der Waals surface area contributed by atoms with Gasteiger partial charge in [-0.15, -0.1) is 11.3 Å². The number of amides is 2. The van der Waals surface area contributed by atoms with Crippen molar-refractivity contribution in [3.63, 3.8) is 0 Å². The molecule has 3 rings (SSSR count). The highest BCUT2D eigenvalue weighted by Crippen LogP contribution is 2.33. The Morgan fingerprint density at radius 1 is 1.38 bits per heavy atom. The van der Waals surface area contributed by atoms with Gasteiger partial charge in [0, 0.05) is 26.6 Å². The standard InChI is InChI=1S/C15H20N2O3S/c1-11-4-9-21-12(11)13(18)17-7-3-5-15(6-8-17)10-16(2)14(19)20-15/h4,9H,3,5-8,10H2,1-2H3. The Kier molecular flexibility index (Phi) is 3.65. The van der Waals surface area contributed by atoms with E-state index in [9.17, 15) is 9.59 Å². The molecule has 2 aliphatic rings. The summed E-state index contributed by atoms with van der Waals surface area (Å²) in [7, 11) is 1.76. The van der Waals surface area contributed by atoms with Crippen LogP contribution >= 0.6 is 11.3 Å². The molecule has 21 heavy (non-hydrogen) atoms. The van der Waals surface area contributed by atoms with E-state index in [0.29, 0.717) is 13.1 Å². The minimum atomic E-state index is -0.397. The Labute approximate surface area is 128 Å². The maximum absolute atomic E-state index is 12.6. The largest absolute Gasteiger partial charge is 0.441 e. The van der Waals surface area contributed by atoms with Crippen LogP contribution in [0.2, 0.25) is 0 Å². The summed E-state index contributed by atoms with van der Waals surface area (Å²) in [4.78, 5) is 28.6. The molecule has 1 spiro atoms. The van der Waals surface area contributed by atoms with E-state index < -0.39 is 5.60 Å². The van der Waals surface area contributed by atoms with Gasteiger partial charge in [-0.05, 0) is 36.8 Å². The predicted octanol–water partition coefficient (Wildman–Crippen LogP) is 2.50. The molecule has 0 aliphatic carbocycles. The third-order valence-electron chi connectivity index (χ3n) is 4.38.